The Labute approximate surface area is 248 Å². The topological polar surface area (TPSA) is 140 Å². The number of hydrogen-bond donors (Lipinski definition) is 3. The van der Waals surface area contributed by atoms with Crippen molar-refractivity contribution in [1.82, 2.24) is 10.9 Å². The molecule has 0 saturated heterocycles. The fourth-order valence-corrected chi connectivity index (χ4v) is 10.2. The smallest absolute Gasteiger partial charge is 0.327 e. The minimum absolute atomic E-state index is 0.0126. The summed E-state index contributed by atoms with van der Waals surface area (Å²) in [6, 6.07) is 0. The molecule has 42 heavy (non-hydrogen) atoms. The van der Waals surface area contributed by atoms with Crippen LogP contribution < -0.4 is 16.6 Å². The molecule has 5 aliphatic rings. The van der Waals surface area contributed by atoms with Crippen molar-refractivity contribution in [1.29, 1.82) is 0 Å². The molecule has 9 heteroatoms. The Morgan fingerprint density at radius 3 is 2.21 bits per heavy atom. The zero-order valence-corrected chi connectivity index (χ0v) is 25.9. The van der Waals surface area contributed by atoms with Gasteiger partial charge in [-0.1, -0.05) is 60.1 Å². The van der Waals surface area contributed by atoms with Crippen LogP contribution in [0.5, 0.6) is 0 Å². The number of primary amides is 1. The third-order valence-electron chi connectivity index (χ3n) is 13.1. The standard InChI is InChI=1S/C33H44N4O5/c1-28(2)21-9-10-32(6)22(31(21,5)17-19(35-8)24(28)39)15-20(38)23-18-16-30(4,27(42)37-36-26(41)25(34)40)12-11-29(18,3)13-14-33(23,32)7/h15,17-18,21,23H,9-14,16H2,1-7H3,(H2,34,40)(H,36,41)(H,37,42)/t18-,21-,23-,29+,30-,31-,32+,33+/m0/s1. The summed E-state index contributed by atoms with van der Waals surface area (Å²) in [5, 5.41) is 0. The average Bonchev–Trinajstić information content (AvgIpc) is 2.91. The van der Waals surface area contributed by atoms with E-state index in [0.717, 1.165) is 37.7 Å². The van der Waals surface area contributed by atoms with Gasteiger partial charge in [-0.05, 0) is 79.1 Å². The quantitative estimate of drug-likeness (QED) is 0.244. The van der Waals surface area contributed by atoms with E-state index in [-0.39, 0.29) is 51.3 Å². The number of amides is 3. The summed E-state index contributed by atoms with van der Waals surface area (Å²) >= 11 is 0. The van der Waals surface area contributed by atoms with Crippen LogP contribution in [-0.2, 0) is 24.0 Å². The van der Waals surface area contributed by atoms with Crippen LogP contribution in [-0.4, -0.2) is 29.3 Å². The zero-order chi connectivity index (χ0) is 31.3. The van der Waals surface area contributed by atoms with Gasteiger partial charge < -0.3 is 10.5 Å². The molecule has 5 rings (SSSR count). The second-order valence-electron chi connectivity index (χ2n) is 15.6. The lowest BCUT2D eigenvalue weighted by molar-refractivity contribution is -0.173. The van der Waals surface area contributed by atoms with Gasteiger partial charge in [-0.3, -0.25) is 30.0 Å². The highest BCUT2D eigenvalue weighted by atomic mass is 16.2. The summed E-state index contributed by atoms with van der Waals surface area (Å²) in [4.78, 5) is 67.5. The van der Waals surface area contributed by atoms with Crippen LogP contribution >= 0.6 is 0 Å². The van der Waals surface area contributed by atoms with Gasteiger partial charge in [0.25, 0.3) is 0 Å². The first-order valence-corrected chi connectivity index (χ1v) is 15.1. The Kier molecular flexibility index (Phi) is 6.55. The summed E-state index contributed by atoms with van der Waals surface area (Å²) in [7, 11) is 0. The van der Waals surface area contributed by atoms with Crippen LogP contribution in [0.25, 0.3) is 4.85 Å². The van der Waals surface area contributed by atoms with E-state index in [1.54, 1.807) is 0 Å². The van der Waals surface area contributed by atoms with Crippen molar-refractivity contribution in [2.75, 3.05) is 0 Å². The molecule has 0 aromatic rings. The third-order valence-corrected chi connectivity index (χ3v) is 13.1. The van der Waals surface area contributed by atoms with E-state index in [0.29, 0.717) is 12.8 Å². The number of nitrogens with zero attached hydrogens (tertiary/aromatic N) is 1. The maximum absolute atomic E-state index is 14.5. The summed E-state index contributed by atoms with van der Waals surface area (Å²) < 4.78 is 0. The first kappa shape index (κ1) is 30.2. The lowest BCUT2D eigenvalue weighted by Gasteiger charge is -2.69. The van der Waals surface area contributed by atoms with E-state index in [9.17, 15) is 24.0 Å². The van der Waals surface area contributed by atoms with E-state index in [1.165, 1.54) is 0 Å². The molecule has 3 amide bonds. The second kappa shape index (κ2) is 9.11. The molecule has 0 heterocycles. The normalized spacial score (nSPS) is 43.6. The van der Waals surface area contributed by atoms with Crippen LogP contribution in [0.3, 0.4) is 0 Å². The molecular formula is C33H44N4O5. The highest BCUT2D eigenvalue weighted by Crippen LogP contribution is 2.74. The summed E-state index contributed by atoms with van der Waals surface area (Å²) in [6.07, 6.45) is 9.04. The Bertz CT molecular complexity index is 1420. The maximum atomic E-state index is 14.5. The summed E-state index contributed by atoms with van der Waals surface area (Å²) in [5.74, 6) is -3.07. The monoisotopic (exact) mass is 576 g/mol. The molecule has 3 saturated carbocycles. The fraction of sp³-hybridized carbons (Fsp3) is 0.697. The number of allylic oxidation sites excluding steroid dienone is 4. The van der Waals surface area contributed by atoms with Gasteiger partial charge in [0.05, 0.1) is 6.57 Å². The number of carbonyl (C=O) groups is 5. The van der Waals surface area contributed by atoms with Crippen molar-refractivity contribution in [3.63, 3.8) is 0 Å². The van der Waals surface area contributed by atoms with Gasteiger partial charge in [-0.25, -0.2) is 4.85 Å². The van der Waals surface area contributed by atoms with Gasteiger partial charge in [0.15, 0.2) is 11.6 Å². The number of rotatable bonds is 1. The van der Waals surface area contributed by atoms with Gasteiger partial charge in [-0.15, -0.1) is 0 Å². The largest absolute Gasteiger partial charge is 0.361 e. The number of nitrogens with two attached hydrogens (primary N) is 1. The number of fused-ring (bicyclic) bond motifs is 7. The lowest BCUT2D eigenvalue weighted by atomic mass is 9.34. The van der Waals surface area contributed by atoms with E-state index in [2.05, 4.69) is 43.4 Å². The number of ketones is 2. The summed E-state index contributed by atoms with van der Waals surface area (Å²) in [5.41, 5.74) is 7.76. The van der Waals surface area contributed by atoms with E-state index >= 15 is 0 Å². The van der Waals surface area contributed by atoms with E-state index < -0.39 is 34.0 Å². The van der Waals surface area contributed by atoms with Crippen LogP contribution in [0, 0.1) is 56.8 Å². The number of nitrogens with one attached hydrogen (secondary N) is 2. The highest BCUT2D eigenvalue weighted by Gasteiger charge is 2.69. The molecule has 4 N–H and O–H groups in total. The molecule has 9 nitrogen and oxygen atoms in total. The van der Waals surface area contributed by atoms with Gasteiger partial charge in [0, 0.05) is 22.2 Å². The summed E-state index contributed by atoms with van der Waals surface area (Å²) in [6.45, 7) is 22.4. The second-order valence-corrected chi connectivity index (χ2v) is 15.6. The molecule has 0 bridgehead atoms. The number of hydrogen-bond acceptors (Lipinski definition) is 5. The predicted molar refractivity (Wildman–Crippen MR) is 155 cm³/mol. The Morgan fingerprint density at radius 2 is 1.60 bits per heavy atom. The van der Waals surface area contributed by atoms with Crippen LogP contribution in [0.15, 0.2) is 23.4 Å². The van der Waals surface area contributed by atoms with Crippen molar-refractivity contribution in [3.8, 4) is 0 Å². The molecule has 0 spiro atoms. The van der Waals surface area contributed by atoms with Crippen molar-refractivity contribution >= 4 is 29.3 Å². The molecular weight excluding hydrogens is 532 g/mol. The average molecular weight is 577 g/mol. The zero-order valence-electron chi connectivity index (χ0n) is 25.9. The van der Waals surface area contributed by atoms with E-state index in [4.69, 9.17) is 12.3 Å². The first-order chi connectivity index (χ1) is 19.3. The Hall–Kier alpha value is -3.28. The SMILES string of the molecule is [C-]#[N+]C1=C[C@]2(C)C3=CC(=O)[C@@H]4[C@@H]5C[C@@](C)(C(=O)NNC(=O)C(N)=O)CC[C@]5(C)CC[C@@]4(C)[C@]3(C)CC[C@H]2C(C)(C)C1=O. The number of Topliss-reactive ketones (excluding diaryl/α,β-unsaturated/α-hetero) is 1. The molecule has 0 unspecified atom stereocenters. The van der Waals surface area contributed by atoms with Crippen molar-refractivity contribution in [2.24, 2.45) is 56.0 Å². The van der Waals surface area contributed by atoms with E-state index in [1.807, 2.05) is 32.9 Å². The van der Waals surface area contributed by atoms with Crippen molar-refractivity contribution < 1.29 is 24.0 Å². The van der Waals surface area contributed by atoms with Gasteiger partial charge in [-0.2, -0.15) is 0 Å². The third kappa shape index (κ3) is 3.82. The number of hydrazine groups is 1. The Morgan fingerprint density at radius 1 is 0.952 bits per heavy atom. The molecule has 8 atom stereocenters. The minimum Gasteiger partial charge on any atom is -0.361 e. The molecule has 226 valence electrons. The molecule has 3 fully saturated rings. The molecule has 0 aromatic heterocycles. The van der Waals surface area contributed by atoms with Gasteiger partial charge >= 0.3 is 11.8 Å². The molecule has 0 aromatic carbocycles. The molecule has 5 aliphatic carbocycles. The molecule has 0 aliphatic heterocycles. The lowest BCUT2D eigenvalue weighted by Crippen LogP contribution is -2.65. The van der Waals surface area contributed by atoms with Crippen LogP contribution in [0.4, 0.5) is 0 Å². The van der Waals surface area contributed by atoms with Crippen molar-refractivity contribution in [3.05, 3.63) is 34.8 Å². The maximum Gasteiger partial charge on any atom is 0.327 e. The fourth-order valence-electron chi connectivity index (χ4n) is 10.2. The van der Waals surface area contributed by atoms with Gasteiger partial charge in [0.2, 0.25) is 11.6 Å². The van der Waals surface area contributed by atoms with Gasteiger partial charge in [0.1, 0.15) is 0 Å². The van der Waals surface area contributed by atoms with Crippen LogP contribution in [0.2, 0.25) is 0 Å². The highest BCUT2D eigenvalue weighted by molar-refractivity contribution is 6.34. The first-order valence-electron chi connectivity index (χ1n) is 15.1. The molecule has 0 radical (unpaired) electrons. The number of carbonyl (C=O) groups excluding carboxylic acids is 5. The Balaban J connectivity index is 1.56. The minimum atomic E-state index is -1.18. The predicted octanol–water partition coefficient (Wildman–Crippen LogP) is 4.19. The van der Waals surface area contributed by atoms with Crippen molar-refractivity contribution in [2.45, 2.75) is 93.4 Å². The van der Waals surface area contributed by atoms with Crippen LogP contribution in [0.1, 0.15) is 93.4 Å².